The summed E-state index contributed by atoms with van der Waals surface area (Å²) < 4.78 is 15.9. The number of urea groups is 1. The third kappa shape index (κ3) is 4.04. The Morgan fingerprint density at radius 2 is 2.08 bits per heavy atom. The van der Waals surface area contributed by atoms with Gasteiger partial charge in [-0.15, -0.1) is 6.42 Å². The van der Waals surface area contributed by atoms with E-state index in [2.05, 4.69) is 16.6 Å². The molecule has 0 saturated heterocycles. The van der Waals surface area contributed by atoms with Crippen molar-refractivity contribution < 1.29 is 23.8 Å². The summed E-state index contributed by atoms with van der Waals surface area (Å²) in [6, 6.07) is 4.07. The summed E-state index contributed by atoms with van der Waals surface area (Å²) in [5.74, 6) is 2.83. The molecule has 1 aromatic carbocycles. The van der Waals surface area contributed by atoms with Gasteiger partial charge in [-0.1, -0.05) is 12.0 Å². The van der Waals surface area contributed by atoms with E-state index in [0.29, 0.717) is 34.9 Å². The van der Waals surface area contributed by atoms with Gasteiger partial charge in [0.05, 0.1) is 25.3 Å². The molecule has 1 atom stereocenters. The number of benzene rings is 1. The number of carbonyl (C=O) groups excluding carboxylic acids is 2. The highest BCUT2D eigenvalue weighted by molar-refractivity contribution is 5.94. The standard InChI is InChI=1S/C18H20N2O5/c1-5-9-25-13-8-7-12(10-14(13)24-6-2)16-15(17(21)23-4)11(3)19-18(22)20-16/h1,7-8,10,16H,6,9H2,2-4H3,(H2,19,20,22)/t16-/m1/s1. The van der Waals surface area contributed by atoms with Crippen molar-refractivity contribution in [2.24, 2.45) is 0 Å². The van der Waals surface area contributed by atoms with Crippen LogP contribution in [-0.2, 0) is 9.53 Å². The number of ether oxygens (including phenoxy) is 3. The van der Waals surface area contributed by atoms with Crippen LogP contribution in [0.5, 0.6) is 11.5 Å². The normalized spacial score (nSPS) is 16.4. The minimum atomic E-state index is -0.665. The van der Waals surface area contributed by atoms with Crippen LogP contribution in [0, 0.1) is 12.3 Å². The molecule has 1 aromatic rings. The summed E-state index contributed by atoms with van der Waals surface area (Å²) in [6.07, 6.45) is 5.22. The Bertz CT molecular complexity index is 748. The average molecular weight is 344 g/mol. The van der Waals surface area contributed by atoms with Gasteiger partial charge < -0.3 is 24.8 Å². The Morgan fingerprint density at radius 3 is 2.72 bits per heavy atom. The van der Waals surface area contributed by atoms with E-state index in [-0.39, 0.29) is 6.61 Å². The summed E-state index contributed by atoms with van der Waals surface area (Å²) in [6.45, 7) is 4.02. The smallest absolute Gasteiger partial charge is 0.337 e. The summed E-state index contributed by atoms with van der Waals surface area (Å²) in [4.78, 5) is 24.0. The second kappa shape index (κ2) is 8.11. The van der Waals surface area contributed by atoms with Gasteiger partial charge >= 0.3 is 12.0 Å². The van der Waals surface area contributed by atoms with Gasteiger partial charge in [0, 0.05) is 5.70 Å². The lowest BCUT2D eigenvalue weighted by Crippen LogP contribution is -2.45. The lowest BCUT2D eigenvalue weighted by molar-refractivity contribution is -0.136. The van der Waals surface area contributed by atoms with Crippen molar-refractivity contribution in [3.8, 4) is 23.8 Å². The van der Waals surface area contributed by atoms with E-state index in [1.54, 1.807) is 25.1 Å². The van der Waals surface area contributed by atoms with Gasteiger partial charge in [-0.3, -0.25) is 0 Å². The van der Waals surface area contributed by atoms with Crippen LogP contribution in [0.3, 0.4) is 0 Å². The molecule has 2 rings (SSSR count). The van der Waals surface area contributed by atoms with Gasteiger partial charge in [0.1, 0.15) is 6.61 Å². The topological polar surface area (TPSA) is 85.9 Å². The molecule has 1 aliphatic heterocycles. The fourth-order valence-electron chi connectivity index (χ4n) is 2.54. The second-order valence-electron chi connectivity index (χ2n) is 5.19. The third-order valence-electron chi connectivity index (χ3n) is 3.59. The lowest BCUT2D eigenvalue weighted by Gasteiger charge is -2.28. The van der Waals surface area contributed by atoms with Crippen LogP contribution in [0.1, 0.15) is 25.5 Å². The molecule has 0 unspecified atom stereocenters. The molecule has 0 radical (unpaired) electrons. The van der Waals surface area contributed by atoms with Crippen LogP contribution >= 0.6 is 0 Å². The first-order chi connectivity index (χ1) is 12.0. The number of esters is 1. The molecular formula is C18H20N2O5. The van der Waals surface area contributed by atoms with Gasteiger partial charge in [0.25, 0.3) is 0 Å². The van der Waals surface area contributed by atoms with Crippen molar-refractivity contribution in [2.45, 2.75) is 19.9 Å². The number of amides is 2. The number of rotatable bonds is 6. The Hall–Kier alpha value is -3.14. The van der Waals surface area contributed by atoms with Crippen molar-refractivity contribution in [1.82, 2.24) is 10.6 Å². The molecule has 0 bridgehead atoms. The Balaban J connectivity index is 2.46. The Morgan fingerprint density at radius 1 is 1.32 bits per heavy atom. The quantitative estimate of drug-likeness (QED) is 0.608. The molecular weight excluding hydrogens is 324 g/mol. The van der Waals surface area contributed by atoms with E-state index in [1.807, 2.05) is 6.92 Å². The molecule has 2 amide bonds. The number of carbonyl (C=O) groups is 2. The molecule has 25 heavy (non-hydrogen) atoms. The van der Waals surface area contributed by atoms with Crippen molar-refractivity contribution in [2.75, 3.05) is 20.3 Å². The van der Waals surface area contributed by atoms with E-state index in [0.717, 1.165) is 0 Å². The SMILES string of the molecule is C#CCOc1ccc([C@H]2NC(=O)NC(C)=C2C(=O)OC)cc1OCC. The predicted molar refractivity (Wildman–Crippen MR) is 91.1 cm³/mol. The summed E-state index contributed by atoms with van der Waals surface area (Å²) in [5, 5.41) is 5.30. The van der Waals surface area contributed by atoms with Gasteiger partial charge in [-0.25, -0.2) is 9.59 Å². The molecule has 0 aliphatic carbocycles. The number of terminal acetylenes is 1. The van der Waals surface area contributed by atoms with Crippen LogP contribution in [0.25, 0.3) is 0 Å². The number of nitrogens with one attached hydrogen (secondary N) is 2. The molecule has 0 aromatic heterocycles. The molecule has 1 aliphatic rings. The first-order valence-electron chi connectivity index (χ1n) is 7.71. The van der Waals surface area contributed by atoms with Crippen LogP contribution in [0.15, 0.2) is 29.5 Å². The van der Waals surface area contributed by atoms with E-state index in [1.165, 1.54) is 7.11 Å². The average Bonchev–Trinajstić information content (AvgIpc) is 2.59. The second-order valence-corrected chi connectivity index (χ2v) is 5.19. The van der Waals surface area contributed by atoms with Crippen molar-refractivity contribution in [1.29, 1.82) is 0 Å². The maximum Gasteiger partial charge on any atom is 0.337 e. The number of hydrogen-bond acceptors (Lipinski definition) is 5. The first kappa shape index (κ1) is 18.2. The maximum absolute atomic E-state index is 12.1. The summed E-state index contributed by atoms with van der Waals surface area (Å²) in [7, 11) is 1.29. The molecule has 1 heterocycles. The predicted octanol–water partition coefficient (Wildman–Crippen LogP) is 1.90. The van der Waals surface area contributed by atoms with E-state index in [9.17, 15) is 9.59 Å². The minimum absolute atomic E-state index is 0.107. The van der Waals surface area contributed by atoms with E-state index < -0.39 is 18.0 Å². The van der Waals surface area contributed by atoms with Crippen LogP contribution in [0.4, 0.5) is 4.79 Å². The lowest BCUT2D eigenvalue weighted by atomic mass is 9.95. The van der Waals surface area contributed by atoms with Crippen molar-refractivity contribution in [3.05, 3.63) is 35.0 Å². The monoisotopic (exact) mass is 344 g/mol. The van der Waals surface area contributed by atoms with Gasteiger partial charge in [0.2, 0.25) is 0 Å². The first-order valence-corrected chi connectivity index (χ1v) is 7.71. The number of allylic oxidation sites excluding steroid dienone is 1. The molecule has 2 N–H and O–H groups in total. The highest BCUT2D eigenvalue weighted by Gasteiger charge is 2.32. The third-order valence-corrected chi connectivity index (χ3v) is 3.59. The van der Waals surface area contributed by atoms with Crippen LogP contribution in [0.2, 0.25) is 0 Å². The van der Waals surface area contributed by atoms with Crippen molar-refractivity contribution >= 4 is 12.0 Å². The molecule has 7 nitrogen and oxygen atoms in total. The van der Waals surface area contributed by atoms with Crippen molar-refractivity contribution in [3.63, 3.8) is 0 Å². The molecule has 0 saturated carbocycles. The summed E-state index contributed by atoms with van der Waals surface area (Å²) in [5.41, 5.74) is 1.42. The highest BCUT2D eigenvalue weighted by Crippen LogP contribution is 2.34. The fraction of sp³-hybridized carbons (Fsp3) is 0.333. The largest absolute Gasteiger partial charge is 0.490 e. The van der Waals surface area contributed by atoms with Gasteiger partial charge in [-0.2, -0.15) is 0 Å². The fourth-order valence-corrected chi connectivity index (χ4v) is 2.54. The molecule has 0 spiro atoms. The zero-order valence-electron chi connectivity index (χ0n) is 14.3. The zero-order chi connectivity index (χ0) is 18.4. The van der Waals surface area contributed by atoms with E-state index >= 15 is 0 Å². The zero-order valence-corrected chi connectivity index (χ0v) is 14.3. The maximum atomic E-state index is 12.1. The van der Waals surface area contributed by atoms with Gasteiger partial charge in [0.15, 0.2) is 11.5 Å². The van der Waals surface area contributed by atoms with Crippen LogP contribution in [-0.4, -0.2) is 32.3 Å². The van der Waals surface area contributed by atoms with E-state index in [4.69, 9.17) is 20.6 Å². The molecule has 7 heteroatoms. The number of hydrogen-bond donors (Lipinski definition) is 2. The Labute approximate surface area is 146 Å². The van der Waals surface area contributed by atoms with Crippen LogP contribution < -0.4 is 20.1 Å². The molecule has 0 fully saturated rings. The minimum Gasteiger partial charge on any atom is -0.490 e. The van der Waals surface area contributed by atoms with Gasteiger partial charge in [-0.05, 0) is 31.5 Å². The number of methoxy groups -OCH3 is 1. The molecule has 132 valence electrons. The Kier molecular flexibility index (Phi) is 5.90. The summed E-state index contributed by atoms with van der Waals surface area (Å²) >= 11 is 0. The highest BCUT2D eigenvalue weighted by atomic mass is 16.5.